The average Bonchev–Trinajstić information content (AvgIpc) is 3.22. The summed E-state index contributed by atoms with van der Waals surface area (Å²) in [5, 5.41) is 12.8. The fourth-order valence-corrected chi connectivity index (χ4v) is 7.85. The van der Waals surface area contributed by atoms with Gasteiger partial charge in [0.15, 0.2) is 0 Å². The molecule has 1 unspecified atom stereocenters. The van der Waals surface area contributed by atoms with Gasteiger partial charge in [-0.1, -0.05) is 6.07 Å². The maximum absolute atomic E-state index is 13.2. The van der Waals surface area contributed by atoms with Gasteiger partial charge in [0.25, 0.3) is 5.91 Å². The number of piperidine rings is 1. The minimum absolute atomic E-state index is 0.0231. The van der Waals surface area contributed by atoms with Crippen LogP contribution in [0.15, 0.2) is 24.4 Å². The van der Waals surface area contributed by atoms with E-state index in [1.54, 1.807) is 11.1 Å². The number of fused-ring (bicyclic) bond motifs is 1. The summed E-state index contributed by atoms with van der Waals surface area (Å²) in [5.41, 5.74) is 1.19. The van der Waals surface area contributed by atoms with Gasteiger partial charge in [0.2, 0.25) is 5.91 Å². The van der Waals surface area contributed by atoms with Crippen molar-refractivity contribution in [1.29, 1.82) is 0 Å². The number of aliphatic hydroxyl groups is 1. The number of aromatic nitrogens is 2. The van der Waals surface area contributed by atoms with E-state index in [-0.39, 0.29) is 29.9 Å². The maximum atomic E-state index is 13.2. The quantitative estimate of drug-likeness (QED) is 0.724. The standard InChI is InChI=1S/C26H34N4O3/c31-16-20-4-1-2-7-29(20)25(33)21-15-30-22(27-21)5-3-6-23(30)28-24(32)14-26-11-17-8-18(12-26)10-19(9-17)13-26/h3,5-6,15,17-20,31H,1-2,4,7-14,16H2,(H,28,32). The van der Waals surface area contributed by atoms with Crippen molar-refractivity contribution in [1.82, 2.24) is 14.3 Å². The van der Waals surface area contributed by atoms with E-state index in [1.165, 1.54) is 38.5 Å². The molecule has 1 aliphatic heterocycles. The molecule has 176 valence electrons. The van der Waals surface area contributed by atoms with Crippen LogP contribution < -0.4 is 5.32 Å². The van der Waals surface area contributed by atoms with Crippen molar-refractivity contribution in [2.45, 2.75) is 70.3 Å². The van der Waals surface area contributed by atoms with Crippen LogP contribution in [0.4, 0.5) is 5.82 Å². The van der Waals surface area contributed by atoms with Crippen LogP contribution in [0, 0.1) is 23.2 Å². The van der Waals surface area contributed by atoms with E-state index in [2.05, 4.69) is 10.3 Å². The van der Waals surface area contributed by atoms with Crippen LogP contribution >= 0.6 is 0 Å². The van der Waals surface area contributed by atoms with Gasteiger partial charge in [-0.2, -0.15) is 0 Å². The molecule has 7 nitrogen and oxygen atoms in total. The summed E-state index contributed by atoms with van der Waals surface area (Å²) >= 11 is 0. The molecule has 2 aromatic rings. The largest absolute Gasteiger partial charge is 0.394 e. The van der Waals surface area contributed by atoms with Crippen molar-refractivity contribution in [3.8, 4) is 0 Å². The molecule has 0 aromatic carbocycles. The number of amides is 2. The lowest BCUT2D eigenvalue weighted by atomic mass is 9.49. The van der Waals surface area contributed by atoms with Gasteiger partial charge in [-0.05, 0) is 93.1 Å². The molecule has 5 fully saturated rings. The highest BCUT2D eigenvalue weighted by atomic mass is 16.3. The van der Waals surface area contributed by atoms with Crippen molar-refractivity contribution >= 4 is 23.3 Å². The second-order valence-corrected chi connectivity index (χ2v) is 11.2. The van der Waals surface area contributed by atoms with E-state index in [4.69, 9.17) is 0 Å². The lowest BCUT2D eigenvalue weighted by molar-refractivity contribution is -0.124. The molecule has 3 heterocycles. The third-order valence-corrected chi connectivity index (χ3v) is 8.78. The number of likely N-dealkylation sites (tertiary alicyclic amines) is 1. The monoisotopic (exact) mass is 450 g/mol. The average molecular weight is 451 g/mol. The molecule has 1 atom stereocenters. The van der Waals surface area contributed by atoms with E-state index in [0.29, 0.717) is 30.1 Å². The summed E-state index contributed by atoms with van der Waals surface area (Å²) in [6, 6.07) is 5.45. The van der Waals surface area contributed by atoms with Crippen LogP contribution in [0.1, 0.15) is 74.7 Å². The zero-order valence-electron chi connectivity index (χ0n) is 19.2. The fourth-order valence-electron chi connectivity index (χ4n) is 7.85. The predicted molar refractivity (Wildman–Crippen MR) is 125 cm³/mol. The fraction of sp³-hybridized carbons (Fsp3) is 0.654. The maximum Gasteiger partial charge on any atom is 0.274 e. The predicted octanol–water partition coefficient (Wildman–Crippen LogP) is 3.87. The van der Waals surface area contributed by atoms with Gasteiger partial charge < -0.3 is 15.3 Å². The molecule has 4 bridgehead atoms. The number of carbonyl (C=O) groups is 2. The van der Waals surface area contributed by atoms with E-state index < -0.39 is 0 Å². The van der Waals surface area contributed by atoms with Gasteiger partial charge in [-0.3, -0.25) is 14.0 Å². The molecule has 4 saturated carbocycles. The summed E-state index contributed by atoms with van der Waals surface area (Å²) in [5.74, 6) is 3.06. The zero-order valence-corrected chi connectivity index (χ0v) is 19.2. The second-order valence-electron chi connectivity index (χ2n) is 11.2. The number of aliphatic hydroxyl groups excluding tert-OH is 1. The van der Waals surface area contributed by atoms with Crippen LogP contribution in [-0.4, -0.2) is 50.4 Å². The SMILES string of the molecule is O=C(CC12CC3CC(CC(C3)C1)C2)Nc1cccc2nc(C(=O)N3CCCCC3CO)cn12. The topological polar surface area (TPSA) is 86.9 Å². The Morgan fingerprint density at radius 1 is 1.09 bits per heavy atom. The lowest BCUT2D eigenvalue weighted by Crippen LogP contribution is -2.47. The highest BCUT2D eigenvalue weighted by Crippen LogP contribution is 2.61. The van der Waals surface area contributed by atoms with Crippen LogP contribution in [-0.2, 0) is 4.79 Å². The Morgan fingerprint density at radius 3 is 2.52 bits per heavy atom. The Bertz CT molecular complexity index is 1040. The summed E-state index contributed by atoms with van der Waals surface area (Å²) in [4.78, 5) is 32.6. The molecule has 2 amide bonds. The molecule has 5 aliphatic rings. The highest BCUT2D eigenvalue weighted by Gasteiger charge is 2.51. The van der Waals surface area contributed by atoms with Crippen LogP contribution in [0.3, 0.4) is 0 Å². The first-order chi connectivity index (χ1) is 16.0. The summed E-state index contributed by atoms with van der Waals surface area (Å²) in [6.07, 6.45) is 12.9. The number of carbonyl (C=O) groups excluding carboxylic acids is 2. The minimum Gasteiger partial charge on any atom is -0.394 e. The smallest absolute Gasteiger partial charge is 0.274 e. The molecule has 2 aromatic heterocycles. The molecule has 7 rings (SSSR count). The number of rotatable bonds is 5. The first-order valence-electron chi connectivity index (χ1n) is 12.7. The Hall–Kier alpha value is -2.41. The number of hydrogen-bond donors (Lipinski definition) is 2. The molecule has 2 N–H and O–H groups in total. The van der Waals surface area contributed by atoms with Gasteiger partial charge >= 0.3 is 0 Å². The van der Waals surface area contributed by atoms with Crippen LogP contribution in [0.5, 0.6) is 0 Å². The lowest BCUT2D eigenvalue weighted by Gasteiger charge is -2.56. The van der Waals surface area contributed by atoms with Crippen molar-refractivity contribution < 1.29 is 14.7 Å². The molecule has 7 heteroatoms. The van der Waals surface area contributed by atoms with Crippen LogP contribution in [0.2, 0.25) is 0 Å². The second kappa shape index (κ2) is 8.12. The third kappa shape index (κ3) is 3.84. The number of hydrogen-bond acceptors (Lipinski definition) is 4. The number of pyridine rings is 1. The summed E-state index contributed by atoms with van der Waals surface area (Å²) in [7, 11) is 0. The van der Waals surface area contributed by atoms with Crippen molar-refractivity contribution in [3.05, 3.63) is 30.1 Å². The molecule has 0 spiro atoms. The van der Waals surface area contributed by atoms with Gasteiger partial charge in [-0.15, -0.1) is 0 Å². The molecule has 1 saturated heterocycles. The first-order valence-corrected chi connectivity index (χ1v) is 12.7. The normalized spacial score (nSPS) is 32.9. The van der Waals surface area contributed by atoms with Gasteiger partial charge in [-0.25, -0.2) is 4.98 Å². The Morgan fingerprint density at radius 2 is 1.82 bits per heavy atom. The van der Waals surface area contributed by atoms with Crippen LogP contribution in [0.25, 0.3) is 5.65 Å². The zero-order chi connectivity index (χ0) is 22.6. The first kappa shape index (κ1) is 21.1. The number of nitrogens with zero attached hydrogens (tertiary/aromatic N) is 3. The van der Waals surface area contributed by atoms with Crippen molar-refractivity contribution in [2.75, 3.05) is 18.5 Å². The molecular weight excluding hydrogens is 416 g/mol. The molecule has 33 heavy (non-hydrogen) atoms. The van der Waals surface area contributed by atoms with Crippen molar-refractivity contribution in [2.24, 2.45) is 23.2 Å². The van der Waals surface area contributed by atoms with Gasteiger partial charge in [0.05, 0.1) is 12.6 Å². The summed E-state index contributed by atoms with van der Waals surface area (Å²) < 4.78 is 1.81. The van der Waals surface area contributed by atoms with Gasteiger partial charge in [0.1, 0.15) is 17.2 Å². The molecular formula is C26H34N4O3. The van der Waals surface area contributed by atoms with E-state index in [1.807, 2.05) is 22.6 Å². The molecule has 0 radical (unpaired) electrons. The van der Waals surface area contributed by atoms with E-state index >= 15 is 0 Å². The van der Waals surface area contributed by atoms with Gasteiger partial charge in [0, 0.05) is 19.2 Å². The highest BCUT2D eigenvalue weighted by molar-refractivity contribution is 5.94. The van der Waals surface area contributed by atoms with E-state index in [0.717, 1.165) is 37.0 Å². The minimum atomic E-state index is -0.150. The van der Waals surface area contributed by atoms with Crippen molar-refractivity contribution in [3.63, 3.8) is 0 Å². The summed E-state index contributed by atoms with van der Waals surface area (Å²) in [6.45, 7) is 0.622. The number of imidazole rings is 1. The Labute approximate surface area is 194 Å². The number of anilines is 1. The molecule has 4 aliphatic carbocycles. The van der Waals surface area contributed by atoms with E-state index in [9.17, 15) is 14.7 Å². The Balaban J connectivity index is 1.20. The third-order valence-electron chi connectivity index (χ3n) is 8.78. The Kier molecular flexibility index (Phi) is 5.20. The number of nitrogens with one attached hydrogen (secondary N) is 1.